The van der Waals surface area contributed by atoms with Gasteiger partial charge in [-0.3, -0.25) is 0 Å². The third-order valence-corrected chi connectivity index (χ3v) is 4.39. The molecule has 2 rings (SSSR count). The highest BCUT2D eigenvalue weighted by atomic mass is 19.4. The van der Waals surface area contributed by atoms with Gasteiger partial charge in [-0.25, -0.2) is 4.79 Å². The van der Waals surface area contributed by atoms with Crippen molar-refractivity contribution in [3.8, 4) is 11.5 Å². The lowest BCUT2D eigenvalue weighted by molar-refractivity contribution is -0.141. The maximum atomic E-state index is 13.6. The molecule has 0 aliphatic rings. The number of esters is 1. The van der Waals surface area contributed by atoms with Crippen molar-refractivity contribution < 1.29 is 46.4 Å². The lowest BCUT2D eigenvalue weighted by atomic mass is 10.0. The van der Waals surface area contributed by atoms with E-state index in [9.17, 15) is 18.0 Å². The van der Waals surface area contributed by atoms with Crippen LogP contribution in [-0.2, 0) is 31.7 Å². The van der Waals surface area contributed by atoms with Gasteiger partial charge in [0.1, 0.15) is 24.7 Å². The first kappa shape index (κ1) is 26.2. The highest BCUT2D eigenvalue weighted by Gasteiger charge is 2.38. The van der Waals surface area contributed by atoms with Gasteiger partial charge in [0.05, 0.1) is 16.7 Å². The van der Waals surface area contributed by atoms with Crippen LogP contribution in [0.25, 0.3) is 0 Å². The first-order chi connectivity index (χ1) is 15.8. The Hall–Kier alpha value is -3.08. The zero-order valence-electron chi connectivity index (χ0n) is 18.4. The molecule has 7 nitrogen and oxygen atoms in total. The van der Waals surface area contributed by atoms with Gasteiger partial charge in [-0.15, -0.1) is 0 Å². The number of benzene rings is 2. The Balaban J connectivity index is 2.35. The standard InChI is InChI=1S/C23H25F3O7/c1-5-12-31-21(27)15-6-9-17(10-7-15)32-13-16-8-11-18(23(24,25)26)20(33-14-28-2)19(16)22(29-3)30-4/h5-11,22H,1,12-14H2,2-4H3. The summed E-state index contributed by atoms with van der Waals surface area (Å²) in [7, 11) is 3.88. The van der Waals surface area contributed by atoms with Crippen LogP contribution in [0.1, 0.15) is 33.3 Å². The molecule has 180 valence electrons. The predicted octanol–water partition coefficient (Wildman–Crippen LogP) is 4.90. The van der Waals surface area contributed by atoms with Crippen LogP contribution in [0.4, 0.5) is 13.2 Å². The molecule has 0 N–H and O–H groups in total. The highest BCUT2D eigenvalue weighted by molar-refractivity contribution is 5.89. The summed E-state index contributed by atoms with van der Waals surface area (Å²) >= 11 is 0. The van der Waals surface area contributed by atoms with E-state index in [-0.39, 0.29) is 18.8 Å². The molecule has 0 saturated carbocycles. The van der Waals surface area contributed by atoms with Crippen molar-refractivity contribution in [2.75, 3.05) is 34.7 Å². The molecule has 0 bridgehead atoms. The zero-order chi connectivity index (χ0) is 24.4. The van der Waals surface area contributed by atoms with E-state index in [0.717, 1.165) is 6.07 Å². The Kier molecular flexibility index (Phi) is 9.71. The SMILES string of the molecule is C=CCOC(=O)c1ccc(OCc2ccc(C(F)(F)F)c(OCOC)c2C(OC)OC)cc1. The van der Waals surface area contributed by atoms with Gasteiger partial charge in [0, 0.05) is 26.9 Å². The van der Waals surface area contributed by atoms with Crippen molar-refractivity contribution in [2.24, 2.45) is 0 Å². The molecule has 0 saturated heterocycles. The van der Waals surface area contributed by atoms with Crippen LogP contribution in [-0.4, -0.2) is 40.7 Å². The van der Waals surface area contributed by atoms with Crippen LogP contribution in [0.3, 0.4) is 0 Å². The van der Waals surface area contributed by atoms with Crippen molar-refractivity contribution in [2.45, 2.75) is 19.1 Å². The van der Waals surface area contributed by atoms with Crippen molar-refractivity contribution >= 4 is 5.97 Å². The molecule has 0 fully saturated rings. The normalized spacial score (nSPS) is 11.4. The molecule has 0 atom stereocenters. The van der Waals surface area contributed by atoms with Crippen LogP contribution >= 0.6 is 0 Å². The van der Waals surface area contributed by atoms with Crippen molar-refractivity contribution in [3.05, 3.63) is 71.3 Å². The van der Waals surface area contributed by atoms with Gasteiger partial charge < -0.3 is 28.4 Å². The summed E-state index contributed by atoms with van der Waals surface area (Å²) in [4.78, 5) is 11.9. The Morgan fingerprint density at radius 3 is 2.24 bits per heavy atom. The fourth-order valence-corrected chi connectivity index (χ4v) is 2.92. The van der Waals surface area contributed by atoms with Gasteiger partial charge >= 0.3 is 12.1 Å². The van der Waals surface area contributed by atoms with Gasteiger partial charge in [0.2, 0.25) is 0 Å². The maximum absolute atomic E-state index is 13.6. The zero-order valence-corrected chi connectivity index (χ0v) is 18.4. The van der Waals surface area contributed by atoms with E-state index in [2.05, 4.69) is 6.58 Å². The summed E-state index contributed by atoms with van der Waals surface area (Å²) in [6.07, 6.45) is -4.38. The molecule has 0 amide bonds. The number of carbonyl (C=O) groups is 1. The summed E-state index contributed by atoms with van der Waals surface area (Å²) in [5.74, 6) is -0.610. The molecule has 0 radical (unpaired) electrons. The molecular weight excluding hydrogens is 445 g/mol. The summed E-state index contributed by atoms with van der Waals surface area (Å²) in [6.45, 7) is 3.02. The average molecular weight is 470 g/mol. The molecule has 0 spiro atoms. The number of methoxy groups -OCH3 is 3. The first-order valence-electron chi connectivity index (χ1n) is 9.68. The number of ether oxygens (including phenoxy) is 6. The van der Waals surface area contributed by atoms with Gasteiger partial charge in [-0.05, 0) is 30.3 Å². The fourth-order valence-electron chi connectivity index (χ4n) is 2.92. The Labute approximate surface area is 189 Å². The van der Waals surface area contributed by atoms with E-state index in [4.69, 9.17) is 28.4 Å². The molecule has 10 heteroatoms. The average Bonchev–Trinajstić information content (AvgIpc) is 2.80. The molecule has 0 aliphatic heterocycles. The molecule has 0 aliphatic carbocycles. The van der Waals surface area contributed by atoms with Crippen LogP contribution < -0.4 is 9.47 Å². The summed E-state index contributed by atoms with van der Waals surface area (Å²) < 4.78 is 72.0. The second-order valence-corrected chi connectivity index (χ2v) is 6.57. The molecule has 2 aromatic rings. The van der Waals surface area contributed by atoms with Gasteiger partial charge in [-0.1, -0.05) is 18.7 Å². The van der Waals surface area contributed by atoms with Crippen LogP contribution in [0.5, 0.6) is 11.5 Å². The maximum Gasteiger partial charge on any atom is 0.419 e. The Morgan fingerprint density at radius 2 is 1.70 bits per heavy atom. The molecule has 0 unspecified atom stereocenters. The minimum Gasteiger partial charge on any atom is -0.489 e. The summed E-state index contributed by atoms with van der Waals surface area (Å²) in [5, 5.41) is 0. The van der Waals surface area contributed by atoms with Crippen LogP contribution in [0.15, 0.2) is 49.1 Å². The molecule has 2 aromatic carbocycles. The van der Waals surface area contributed by atoms with Gasteiger partial charge in [-0.2, -0.15) is 13.2 Å². The number of rotatable bonds is 12. The lowest BCUT2D eigenvalue weighted by Gasteiger charge is -2.24. The van der Waals surface area contributed by atoms with E-state index < -0.39 is 36.5 Å². The minimum atomic E-state index is -4.68. The third-order valence-electron chi connectivity index (χ3n) is 4.39. The Morgan fingerprint density at radius 1 is 1.03 bits per heavy atom. The van der Waals surface area contributed by atoms with Gasteiger partial charge in [0.15, 0.2) is 13.1 Å². The fraction of sp³-hybridized carbons (Fsp3) is 0.348. The van der Waals surface area contributed by atoms with Crippen LogP contribution in [0.2, 0.25) is 0 Å². The number of alkyl halides is 3. The number of hydrogen-bond acceptors (Lipinski definition) is 7. The van der Waals surface area contributed by atoms with Crippen molar-refractivity contribution in [1.82, 2.24) is 0 Å². The quantitative estimate of drug-likeness (QED) is 0.248. The smallest absolute Gasteiger partial charge is 0.419 e. The lowest BCUT2D eigenvalue weighted by Crippen LogP contribution is -2.17. The predicted molar refractivity (Wildman–Crippen MR) is 112 cm³/mol. The monoisotopic (exact) mass is 470 g/mol. The van der Waals surface area contributed by atoms with Gasteiger partial charge in [0.25, 0.3) is 0 Å². The minimum absolute atomic E-state index is 0.0245. The highest BCUT2D eigenvalue weighted by Crippen LogP contribution is 2.43. The van der Waals surface area contributed by atoms with Crippen LogP contribution in [0, 0.1) is 0 Å². The third kappa shape index (κ3) is 6.95. The number of carbonyl (C=O) groups excluding carboxylic acids is 1. The summed E-state index contributed by atoms with van der Waals surface area (Å²) in [6, 6.07) is 8.27. The van der Waals surface area contributed by atoms with E-state index in [1.54, 1.807) is 12.1 Å². The first-order valence-corrected chi connectivity index (χ1v) is 9.68. The number of halogens is 3. The number of hydrogen-bond donors (Lipinski definition) is 0. The largest absolute Gasteiger partial charge is 0.489 e. The second kappa shape index (κ2) is 12.2. The van der Waals surface area contributed by atoms with E-state index in [0.29, 0.717) is 16.9 Å². The second-order valence-electron chi connectivity index (χ2n) is 6.57. The molecular formula is C23H25F3O7. The van der Waals surface area contributed by atoms with E-state index in [1.807, 2.05) is 0 Å². The van der Waals surface area contributed by atoms with Crippen molar-refractivity contribution in [3.63, 3.8) is 0 Å². The van der Waals surface area contributed by atoms with Crippen molar-refractivity contribution in [1.29, 1.82) is 0 Å². The molecule has 0 heterocycles. The molecule has 33 heavy (non-hydrogen) atoms. The Bertz CT molecular complexity index is 923. The van der Waals surface area contributed by atoms with E-state index in [1.165, 1.54) is 45.6 Å². The summed E-state index contributed by atoms with van der Waals surface area (Å²) in [5.41, 5.74) is -0.318. The molecule has 0 aromatic heterocycles. The topological polar surface area (TPSA) is 72.5 Å². The van der Waals surface area contributed by atoms with E-state index >= 15 is 0 Å².